The molecule has 10 aromatic rings. The van der Waals surface area contributed by atoms with E-state index in [-0.39, 0.29) is 0 Å². The van der Waals surface area contributed by atoms with Gasteiger partial charge in [-0.25, -0.2) is 9.97 Å². The molecule has 0 saturated carbocycles. The van der Waals surface area contributed by atoms with Gasteiger partial charge in [0.05, 0.1) is 33.5 Å². The van der Waals surface area contributed by atoms with Crippen molar-refractivity contribution < 1.29 is 0 Å². The number of aromatic nitrogens is 5. The number of nitrogens with zero attached hydrogens (tertiary/aromatic N) is 5. The zero-order chi connectivity index (χ0) is 33.0. The van der Waals surface area contributed by atoms with Crippen molar-refractivity contribution in [2.24, 2.45) is 0 Å². The molecule has 5 nitrogen and oxygen atoms in total. The predicted molar refractivity (Wildman–Crippen MR) is 205 cm³/mol. The van der Waals surface area contributed by atoms with Gasteiger partial charge in [-0.1, -0.05) is 91.0 Å². The van der Waals surface area contributed by atoms with Crippen LogP contribution in [0.3, 0.4) is 0 Å². The van der Waals surface area contributed by atoms with Gasteiger partial charge in [-0.05, 0) is 76.2 Å². The van der Waals surface area contributed by atoms with E-state index in [2.05, 4.69) is 142 Å². The smallest absolute Gasteiger partial charge is 0.0970 e. The van der Waals surface area contributed by atoms with Gasteiger partial charge in [-0.3, -0.25) is 15.0 Å². The van der Waals surface area contributed by atoms with Crippen molar-refractivity contribution in [2.75, 3.05) is 0 Å². The Morgan fingerprint density at radius 1 is 0.360 bits per heavy atom. The van der Waals surface area contributed by atoms with E-state index < -0.39 is 0 Å². The molecule has 5 heterocycles. The monoisotopic (exact) mass is 637 g/mol. The highest BCUT2D eigenvalue weighted by atomic mass is 14.7. The van der Waals surface area contributed by atoms with Crippen molar-refractivity contribution in [3.8, 4) is 44.8 Å². The maximum Gasteiger partial charge on any atom is 0.0970 e. The molecule has 0 N–H and O–H groups in total. The summed E-state index contributed by atoms with van der Waals surface area (Å²) in [6, 6.07) is 48.9. The van der Waals surface area contributed by atoms with Crippen LogP contribution in [0.4, 0.5) is 0 Å². The standard InChI is InChI=1S/C45H27N5/c1-4-35-27-46-23-20-36(35)37(6-1)41-19-17-31-13-15-33(26-43(31)50-41)40-18-16-30-12-14-32(25-42(30)49-40)28-8-10-29(11-9-28)39-24-34-5-2-21-47-44(34)45-38(39)7-3-22-48-45/h1-27H. The van der Waals surface area contributed by atoms with Gasteiger partial charge in [0.15, 0.2) is 0 Å². The molecule has 0 amide bonds. The second-order valence-corrected chi connectivity index (χ2v) is 12.6. The van der Waals surface area contributed by atoms with Gasteiger partial charge < -0.3 is 0 Å². The van der Waals surface area contributed by atoms with E-state index in [0.29, 0.717) is 0 Å². The van der Waals surface area contributed by atoms with E-state index in [1.54, 1.807) is 0 Å². The first-order valence-electron chi connectivity index (χ1n) is 16.6. The highest BCUT2D eigenvalue weighted by Crippen LogP contribution is 2.35. The fraction of sp³-hybridized carbons (Fsp3) is 0. The first-order chi connectivity index (χ1) is 24.7. The molecule has 0 fully saturated rings. The van der Waals surface area contributed by atoms with Gasteiger partial charge in [0.1, 0.15) is 0 Å². The van der Waals surface area contributed by atoms with Gasteiger partial charge in [0, 0.05) is 62.8 Å². The molecule has 50 heavy (non-hydrogen) atoms. The number of hydrogen-bond acceptors (Lipinski definition) is 5. The average Bonchev–Trinajstić information content (AvgIpc) is 3.19. The topological polar surface area (TPSA) is 64.5 Å². The van der Waals surface area contributed by atoms with Crippen molar-refractivity contribution in [3.05, 3.63) is 164 Å². The summed E-state index contributed by atoms with van der Waals surface area (Å²) in [7, 11) is 0. The molecule has 0 radical (unpaired) electrons. The van der Waals surface area contributed by atoms with E-state index in [0.717, 1.165) is 99.2 Å². The second kappa shape index (κ2) is 11.4. The first-order valence-corrected chi connectivity index (χ1v) is 16.6. The van der Waals surface area contributed by atoms with Crippen LogP contribution in [-0.2, 0) is 0 Å². The quantitative estimate of drug-likeness (QED) is 0.180. The normalized spacial score (nSPS) is 11.6. The van der Waals surface area contributed by atoms with Gasteiger partial charge in [0.25, 0.3) is 0 Å². The van der Waals surface area contributed by atoms with Gasteiger partial charge in [-0.15, -0.1) is 0 Å². The molecule has 0 bridgehead atoms. The van der Waals surface area contributed by atoms with Gasteiger partial charge in [-0.2, -0.15) is 0 Å². The maximum atomic E-state index is 5.14. The molecule has 0 atom stereocenters. The van der Waals surface area contributed by atoms with Crippen LogP contribution in [0.15, 0.2) is 164 Å². The number of hydrogen-bond donors (Lipinski definition) is 0. The lowest BCUT2D eigenvalue weighted by Gasteiger charge is -2.11. The average molecular weight is 638 g/mol. The summed E-state index contributed by atoms with van der Waals surface area (Å²) in [6.45, 7) is 0. The molecule has 10 rings (SSSR count). The summed E-state index contributed by atoms with van der Waals surface area (Å²) in [5, 5.41) is 6.62. The lowest BCUT2D eigenvalue weighted by atomic mass is 9.95. The SMILES string of the molecule is c1cc(-c2ccc3ccc(-c4ccc5ccc(-c6ccc(-c7cc8cccnc8c8ncccc78)cc6)cc5n4)cc3n2)c2ccncc2c1. The number of benzene rings is 5. The summed E-state index contributed by atoms with van der Waals surface area (Å²) in [5.74, 6) is 0. The highest BCUT2D eigenvalue weighted by molar-refractivity contribution is 6.10. The summed E-state index contributed by atoms with van der Waals surface area (Å²) < 4.78 is 0. The molecule has 0 aliphatic rings. The van der Waals surface area contributed by atoms with E-state index in [9.17, 15) is 0 Å². The van der Waals surface area contributed by atoms with Crippen molar-refractivity contribution in [1.29, 1.82) is 0 Å². The largest absolute Gasteiger partial charge is 0.264 e. The molecule has 0 saturated heterocycles. The molecular weight excluding hydrogens is 611 g/mol. The Morgan fingerprint density at radius 3 is 1.88 bits per heavy atom. The Kier molecular flexibility index (Phi) is 6.42. The Balaban J connectivity index is 0.998. The molecule has 232 valence electrons. The zero-order valence-corrected chi connectivity index (χ0v) is 26.8. The van der Waals surface area contributed by atoms with Crippen LogP contribution in [0.5, 0.6) is 0 Å². The Hall–Kier alpha value is -6.85. The number of fused-ring (bicyclic) bond motifs is 6. The third-order valence-corrected chi connectivity index (χ3v) is 9.63. The lowest BCUT2D eigenvalue weighted by Crippen LogP contribution is -1.90. The first kappa shape index (κ1) is 28.2. The summed E-state index contributed by atoms with van der Waals surface area (Å²) in [4.78, 5) is 23.8. The Morgan fingerprint density at radius 2 is 1.02 bits per heavy atom. The highest BCUT2D eigenvalue weighted by Gasteiger charge is 2.12. The van der Waals surface area contributed by atoms with Crippen molar-refractivity contribution in [3.63, 3.8) is 0 Å². The van der Waals surface area contributed by atoms with Crippen LogP contribution in [0.2, 0.25) is 0 Å². The molecular formula is C45H27N5. The molecule has 0 aliphatic heterocycles. The summed E-state index contributed by atoms with van der Waals surface area (Å²) >= 11 is 0. The fourth-order valence-electron chi connectivity index (χ4n) is 7.09. The molecule has 0 aliphatic carbocycles. The number of rotatable bonds is 4. The summed E-state index contributed by atoms with van der Waals surface area (Å²) in [6.07, 6.45) is 7.39. The fourth-order valence-corrected chi connectivity index (χ4v) is 7.09. The Bertz CT molecular complexity index is 2930. The third-order valence-electron chi connectivity index (χ3n) is 9.63. The zero-order valence-electron chi connectivity index (χ0n) is 26.8. The minimum Gasteiger partial charge on any atom is -0.264 e. The van der Waals surface area contributed by atoms with Gasteiger partial charge >= 0.3 is 0 Å². The third kappa shape index (κ3) is 4.75. The van der Waals surface area contributed by atoms with Crippen LogP contribution < -0.4 is 0 Å². The van der Waals surface area contributed by atoms with E-state index in [4.69, 9.17) is 9.97 Å². The van der Waals surface area contributed by atoms with Crippen LogP contribution >= 0.6 is 0 Å². The van der Waals surface area contributed by atoms with Crippen LogP contribution in [0.25, 0.3) is 99.2 Å². The minimum absolute atomic E-state index is 0.918. The molecule has 0 unspecified atom stereocenters. The van der Waals surface area contributed by atoms with Crippen LogP contribution in [0, 0.1) is 0 Å². The maximum absolute atomic E-state index is 5.14. The van der Waals surface area contributed by atoms with Crippen molar-refractivity contribution >= 4 is 54.4 Å². The molecule has 0 spiro atoms. The van der Waals surface area contributed by atoms with E-state index >= 15 is 0 Å². The molecule has 5 aromatic heterocycles. The van der Waals surface area contributed by atoms with E-state index in [1.165, 1.54) is 0 Å². The Labute approximate surface area is 287 Å². The van der Waals surface area contributed by atoms with E-state index in [1.807, 2.05) is 36.9 Å². The van der Waals surface area contributed by atoms with Gasteiger partial charge in [0.2, 0.25) is 0 Å². The van der Waals surface area contributed by atoms with Crippen LogP contribution in [-0.4, -0.2) is 24.9 Å². The minimum atomic E-state index is 0.918. The number of pyridine rings is 5. The molecule has 5 heteroatoms. The van der Waals surface area contributed by atoms with Crippen molar-refractivity contribution in [2.45, 2.75) is 0 Å². The van der Waals surface area contributed by atoms with Crippen LogP contribution in [0.1, 0.15) is 0 Å². The predicted octanol–water partition coefficient (Wildman–Crippen LogP) is 11.1. The van der Waals surface area contributed by atoms with Crippen molar-refractivity contribution in [1.82, 2.24) is 24.9 Å². The summed E-state index contributed by atoms with van der Waals surface area (Å²) in [5.41, 5.74) is 12.3. The molecule has 5 aromatic carbocycles. The lowest BCUT2D eigenvalue weighted by molar-refractivity contribution is 1.36. The second-order valence-electron chi connectivity index (χ2n) is 12.6.